The van der Waals surface area contributed by atoms with Gasteiger partial charge in [0.1, 0.15) is 11.6 Å². The third-order valence-corrected chi connectivity index (χ3v) is 6.77. The summed E-state index contributed by atoms with van der Waals surface area (Å²) >= 11 is 0. The van der Waals surface area contributed by atoms with Gasteiger partial charge in [-0.25, -0.2) is 13.8 Å². The monoisotopic (exact) mass is 442 g/mol. The lowest BCUT2D eigenvalue weighted by atomic mass is 9.74. The number of hydrogen-bond donors (Lipinski definition) is 3. The number of β-amino-alcohol motifs (C(OH)–C–C–N with tert-alkyl or cyclic N) is 1. The number of anilines is 2. The van der Waals surface area contributed by atoms with Crippen molar-refractivity contribution in [2.45, 2.75) is 24.9 Å². The first-order valence-electron chi connectivity index (χ1n) is 10.7. The van der Waals surface area contributed by atoms with E-state index in [0.717, 1.165) is 6.07 Å². The first kappa shape index (κ1) is 20.8. The van der Waals surface area contributed by atoms with E-state index in [0.29, 0.717) is 72.7 Å². The van der Waals surface area contributed by atoms with E-state index < -0.39 is 17.0 Å². The Balaban J connectivity index is 1.47. The Morgan fingerprint density at radius 1 is 1.16 bits per heavy atom. The summed E-state index contributed by atoms with van der Waals surface area (Å²) in [6.07, 6.45) is 1.18. The summed E-state index contributed by atoms with van der Waals surface area (Å²) in [5.74, 6) is -0.765. The summed E-state index contributed by atoms with van der Waals surface area (Å²) < 4.78 is 28.8. The van der Waals surface area contributed by atoms with Gasteiger partial charge in [-0.1, -0.05) is 12.1 Å². The van der Waals surface area contributed by atoms with E-state index in [1.54, 1.807) is 18.2 Å². The summed E-state index contributed by atoms with van der Waals surface area (Å²) in [7, 11) is 0. The van der Waals surface area contributed by atoms with Crippen LogP contribution in [0.2, 0.25) is 0 Å². The number of rotatable bonds is 4. The van der Waals surface area contributed by atoms with Gasteiger partial charge in [-0.05, 0) is 25.0 Å². The lowest BCUT2D eigenvalue weighted by Crippen LogP contribution is -2.46. The second-order valence-electron chi connectivity index (χ2n) is 8.56. The van der Waals surface area contributed by atoms with Crippen LogP contribution in [0.15, 0.2) is 35.1 Å². The number of piperidine rings is 1. The molecule has 0 bridgehead atoms. The number of hydrogen-bond acceptors (Lipinski definition) is 6. The minimum Gasteiger partial charge on any atom is -0.395 e. The molecule has 3 heterocycles. The van der Waals surface area contributed by atoms with Crippen LogP contribution in [0.25, 0.3) is 10.9 Å². The van der Waals surface area contributed by atoms with E-state index in [4.69, 9.17) is 0 Å². The number of aliphatic hydroxyl groups is 2. The molecule has 0 saturated carbocycles. The summed E-state index contributed by atoms with van der Waals surface area (Å²) in [6.45, 7) is 1.55. The van der Waals surface area contributed by atoms with Crippen molar-refractivity contribution in [3.63, 3.8) is 0 Å². The SMILES string of the molecule is O=c1[nH]c(N2CCC3(CC2)CN(CCO)c2cc(F)cc(F)c23)nc2c(CO)cccc12. The fourth-order valence-corrected chi connectivity index (χ4v) is 5.23. The minimum absolute atomic E-state index is 0.102. The highest BCUT2D eigenvalue weighted by molar-refractivity contribution is 5.81. The van der Waals surface area contributed by atoms with Gasteiger partial charge in [0.15, 0.2) is 0 Å². The lowest BCUT2D eigenvalue weighted by Gasteiger charge is -2.40. The number of halogens is 2. The van der Waals surface area contributed by atoms with Crippen LogP contribution in [0.5, 0.6) is 0 Å². The summed E-state index contributed by atoms with van der Waals surface area (Å²) in [4.78, 5) is 23.8. The van der Waals surface area contributed by atoms with Gasteiger partial charge in [-0.2, -0.15) is 0 Å². The van der Waals surface area contributed by atoms with Gasteiger partial charge in [-0.15, -0.1) is 0 Å². The summed E-state index contributed by atoms with van der Waals surface area (Å²) in [5.41, 5.74) is 1.30. The van der Waals surface area contributed by atoms with Gasteiger partial charge >= 0.3 is 0 Å². The van der Waals surface area contributed by atoms with Gasteiger partial charge in [0, 0.05) is 54.5 Å². The average molecular weight is 442 g/mol. The minimum atomic E-state index is -0.628. The van der Waals surface area contributed by atoms with Crippen molar-refractivity contribution < 1.29 is 19.0 Å². The number of aromatic nitrogens is 2. The van der Waals surface area contributed by atoms with Crippen molar-refractivity contribution in [2.75, 3.05) is 42.6 Å². The molecule has 2 aliphatic heterocycles. The van der Waals surface area contributed by atoms with Crippen molar-refractivity contribution in [1.29, 1.82) is 0 Å². The Labute approximate surface area is 182 Å². The number of H-pyrrole nitrogens is 1. The van der Waals surface area contributed by atoms with E-state index >= 15 is 0 Å². The Hall–Kier alpha value is -3.04. The normalized spacial score (nSPS) is 17.4. The quantitative estimate of drug-likeness (QED) is 0.573. The third kappa shape index (κ3) is 3.23. The van der Waals surface area contributed by atoms with E-state index in [1.807, 2.05) is 9.80 Å². The predicted octanol–water partition coefficient (Wildman–Crippen LogP) is 2.04. The maximum Gasteiger partial charge on any atom is 0.260 e. The van der Waals surface area contributed by atoms with Crippen molar-refractivity contribution in [1.82, 2.24) is 9.97 Å². The zero-order chi connectivity index (χ0) is 22.5. The summed E-state index contributed by atoms with van der Waals surface area (Å²) in [6, 6.07) is 7.38. The summed E-state index contributed by atoms with van der Waals surface area (Å²) in [5, 5.41) is 19.5. The van der Waals surface area contributed by atoms with Gasteiger partial charge < -0.3 is 20.0 Å². The molecule has 2 aromatic carbocycles. The molecule has 0 amide bonds. The molecule has 9 heteroatoms. The van der Waals surface area contributed by atoms with Gasteiger partial charge in [-0.3, -0.25) is 9.78 Å². The standard InChI is InChI=1S/C23H24F2N4O3/c24-15-10-17(25)19-18(11-15)29(8-9-30)13-23(19)4-6-28(7-5-23)22-26-20-14(12-31)2-1-3-16(20)21(32)27-22/h1-3,10-11,30-31H,4-9,12-13H2,(H,26,27,32). The molecule has 0 aliphatic carbocycles. The first-order valence-corrected chi connectivity index (χ1v) is 10.7. The topological polar surface area (TPSA) is 92.7 Å². The van der Waals surface area contributed by atoms with Crippen molar-refractivity contribution in [3.05, 3.63) is 63.4 Å². The second-order valence-corrected chi connectivity index (χ2v) is 8.56. The zero-order valence-corrected chi connectivity index (χ0v) is 17.4. The molecule has 7 nitrogen and oxygen atoms in total. The van der Waals surface area contributed by atoms with Gasteiger partial charge in [0.2, 0.25) is 5.95 Å². The largest absolute Gasteiger partial charge is 0.395 e. The van der Waals surface area contributed by atoms with Crippen molar-refractivity contribution >= 4 is 22.5 Å². The van der Waals surface area contributed by atoms with Crippen LogP contribution < -0.4 is 15.4 Å². The molecule has 5 rings (SSSR count). The van der Waals surface area contributed by atoms with Crippen LogP contribution >= 0.6 is 0 Å². The molecule has 1 saturated heterocycles. The maximum atomic E-state index is 14.9. The molecule has 0 unspecified atom stereocenters. The first-order chi connectivity index (χ1) is 15.5. The van der Waals surface area contributed by atoms with Crippen LogP contribution in [0.1, 0.15) is 24.0 Å². The number of fused-ring (bicyclic) bond motifs is 3. The second kappa shape index (κ2) is 7.83. The van der Waals surface area contributed by atoms with Crippen LogP contribution in [0.4, 0.5) is 20.4 Å². The van der Waals surface area contributed by atoms with E-state index in [9.17, 15) is 23.8 Å². The maximum absolute atomic E-state index is 14.9. The predicted molar refractivity (Wildman–Crippen MR) is 117 cm³/mol. The number of aliphatic hydroxyl groups excluding tert-OH is 2. The van der Waals surface area contributed by atoms with Crippen LogP contribution in [0.3, 0.4) is 0 Å². The third-order valence-electron chi connectivity index (χ3n) is 6.77. The Kier molecular flexibility index (Phi) is 5.10. The lowest BCUT2D eigenvalue weighted by molar-refractivity contribution is 0.283. The molecule has 168 valence electrons. The Morgan fingerprint density at radius 2 is 1.94 bits per heavy atom. The van der Waals surface area contributed by atoms with E-state index in [-0.39, 0.29) is 18.8 Å². The number of para-hydroxylation sites is 1. The molecule has 2 aliphatic rings. The highest BCUT2D eigenvalue weighted by atomic mass is 19.1. The molecule has 0 atom stereocenters. The molecule has 1 fully saturated rings. The number of nitrogens with one attached hydrogen (secondary N) is 1. The Bertz CT molecular complexity index is 1240. The molecule has 1 aromatic heterocycles. The molecule has 3 aromatic rings. The molecule has 32 heavy (non-hydrogen) atoms. The highest BCUT2D eigenvalue weighted by Gasteiger charge is 2.47. The number of aromatic amines is 1. The van der Waals surface area contributed by atoms with E-state index in [2.05, 4.69) is 9.97 Å². The molecule has 0 radical (unpaired) electrons. The zero-order valence-electron chi connectivity index (χ0n) is 17.4. The highest BCUT2D eigenvalue weighted by Crippen LogP contribution is 2.48. The Morgan fingerprint density at radius 3 is 2.66 bits per heavy atom. The van der Waals surface area contributed by atoms with Crippen molar-refractivity contribution in [2.24, 2.45) is 0 Å². The number of nitrogens with zero attached hydrogens (tertiary/aromatic N) is 3. The molecular formula is C23H24F2N4O3. The molecule has 3 N–H and O–H groups in total. The molecule has 1 spiro atoms. The van der Waals surface area contributed by atoms with Crippen LogP contribution in [-0.2, 0) is 12.0 Å². The van der Waals surface area contributed by atoms with Crippen LogP contribution in [-0.4, -0.2) is 53.0 Å². The average Bonchev–Trinajstić information content (AvgIpc) is 3.07. The number of benzene rings is 2. The van der Waals surface area contributed by atoms with E-state index in [1.165, 1.54) is 6.07 Å². The smallest absolute Gasteiger partial charge is 0.260 e. The van der Waals surface area contributed by atoms with Crippen molar-refractivity contribution in [3.8, 4) is 0 Å². The fourth-order valence-electron chi connectivity index (χ4n) is 5.23. The fraction of sp³-hybridized carbons (Fsp3) is 0.391. The van der Waals surface area contributed by atoms with Crippen LogP contribution in [0, 0.1) is 11.6 Å². The van der Waals surface area contributed by atoms with Gasteiger partial charge in [0.25, 0.3) is 5.56 Å². The van der Waals surface area contributed by atoms with Gasteiger partial charge in [0.05, 0.1) is 24.1 Å². The molecular weight excluding hydrogens is 418 g/mol.